The molecule has 0 bridgehead atoms. The van der Waals surface area contributed by atoms with Crippen molar-refractivity contribution in [3.8, 4) is 5.88 Å². The second kappa shape index (κ2) is 4.50. The molecule has 0 atom stereocenters. The number of carbonyl (C=O) groups is 1. The number of H-pyrrole nitrogens is 1. The Morgan fingerprint density at radius 3 is 2.93 bits per heavy atom. The average molecular weight is 199 g/mol. The molecule has 1 aromatic rings. The maximum atomic E-state index is 11.2. The van der Waals surface area contributed by atoms with E-state index in [1.165, 1.54) is 0 Å². The van der Waals surface area contributed by atoms with Crippen molar-refractivity contribution in [3.63, 3.8) is 0 Å². The fourth-order valence-electron chi connectivity index (χ4n) is 0.985. The van der Waals surface area contributed by atoms with Gasteiger partial charge in [0.25, 0.3) is 0 Å². The number of imidazole rings is 1. The minimum atomic E-state index is -0.563. The molecule has 1 rings (SSSR count). The van der Waals surface area contributed by atoms with Gasteiger partial charge in [-0.3, -0.25) is 10.2 Å². The van der Waals surface area contributed by atoms with Crippen molar-refractivity contribution >= 4 is 5.91 Å². The molecule has 0 aliphatic rings. The van der Waals surface area contributed by atoms with Gasteiger partial charge in [-0.05, 0) is 6.42 Å². The second-order valence-corrected chi connectivity index (χ2v) is 2.93. The van der Waals surface area contributed by atoms with Gasteiger partial charge in [-0.15, -0.1) is 0 Å². The Morgan fingerprint density at radius 1 is 1.71 bits per heavy atom. The third kappa shape index (κ3) is 2.38. The summed E-state index contributed by atoms with van der Waals surface area (Å²) in [6.07, 6.45) is 3.11. The molecule has 0 fully saturated rings. The quantitative estimate of drug-likeness (QED) is 0.644. The standard InChI is InChI=1S/C8H13N3O3/c1-2-3-4-6(12)10-11-7(13)5-9-8(11)14/h5,13H,2-4H2,1H3,(H,9,14)(H,10,12). The number of amides is 1. The number of aromatic nitrogens is 2. The summed E-state index contributed by atoms with van der Waals surface area (Å²) >= 11 is 0. The highest BCUT2D eigenvalue weighted by atomic mass is 16.3. The van der Waals surface area contributed by atoms with Crippen LogP contribution < -0.4 is 11.1 Å². The summed E-state index contributed by atoms with van der Waals surface area (Å²) in [7, 11) is 0. The van der Waals surface area contributed by atoms with Crippen LogP contribution in [-0.2, 0) is 4.79 Å². The minimum Gasteiger partial charge on any atom is -0.492 e. The molecule has 0 saturated heterocycles. The van der Waals surface area contributed by atoms with Gasteiger partial charge < -0.3 is 10.1 Å². The first-order valence-corrected chi connectivity index (χ1v) is 4.44. The molecule has 6 heteroatoms. The zero-order valence-electron chi connectivity index (χ0n) is 7.91. The SMILES string of the molecule is CCCCC(=O)Nn1c(O)c[nH]c1=O. The van der Waals surface area contributed by atoms with Crippen LogP contribution >= 0.6 is 0 Å². The lowest BCUT2D eigenvalue weighted by atomic mass is 10.2. The molecular formula is C8H13N3O3. The summed E-state index contributed by atoms with van der Waals surface area (Å²) in [5.74, 6) is -0.594. The van der Waals surface area contributed by atoms with E-state index in [1.807, 2.05) is 6.92 Å². The first kappa shape index (κ1) is 10.4. The van der Waals surface area contributed by atoms with Crippen molar-refractivity contribution in [3.05, 3.63) is 16.7 Å². The molecule has 0 unspecified atom stereocenters. The zero-order chi connectivity index (χ0) is 10.6. The van der Waals surface area contributed by atoms with Gasteiger partial charge >= 0.3 is 5.69 Å². The van der Waals surface area contributed by atoms with Crippen LogP contribution in [0, 0.1) is 0 Å². The topological polar surface area (TPSA) is 87.1 Å². The van der Waals surface area contributed by atoms with Crippen molar-refractivity contribution in [2.24, 2.45) is 0 Å². The summed E-state index contributed by atoms with van der Waals surface area (Å²) in [6, 6.07) is 0. The highest BCUT2D eigenvalue weighted by molar-refractivity contribution is 5.83. The van der Waals surface area contributed by atoms with Crippen LogP contribution in [0.1, 0.15) is 26.2 Å². The third-order valence-corrected chi connectivity index (χ3v) is 1.75. The number of hydrogen-bond donors (Lipinski definition) is 3. The Kier molecular flexibility index (Phi) is 3.33. The number of nitrogens with one attached hydrogen (secondary N) is 2. The molecule has 1 heterocycles. The molecule has 3 N–H and O–H groups in total. The van der Waals surface area contributed by atoms with E-state index < -0.39 is 5.69 Å². The van der Waals surface area contributed by atoms with Crippen LogP contribution in [0.25, 0.3) is 0 Å². The number of hydrogen-bond acceptors (Lipinski definition) is 3. The predicted octanol–water partition coefficient (Wildman–Crippen LogP) is 0.142. The van der Waals surface area contributed by atoms with E-state index in [0.29, 0.717) is 6.42 Å². The van der Waals surface area contributed by atoms with Crippen molar-refractivity contribution in [2.45, 2.75) is 26.2 Å². The monoisotopic (exact) mass is 199 g/mol. The normalized spacial score (nSPS) is 10.1. The third-order valence-electron chi connectivity index (χ3n) is 1.75. The van der Waals surface area contributed by atoms with E-state index in [0.717, 1.165) is 23.7 Å². The smallest absolute Gasteiger partial charge is 0.347 e. The van der Waals surface area contributed by atoms with Crippen molar-refractivity contribution in [2.75, 3.05) is 5.43 Å². The Balaban J connectivity index is 2.60. The molecule has 0 aliphatic heterocycles. The molecule has 0 spiro atoms. The lowest BCUT2D eigenvalue weighted by Crippen LogP contribution is -2.30. The average Bonchev–Trinajstić information content (AvgIpc) is 2.46. The summed E-state index contributed by atoms with van der Waals surface area (Å²) in [5.41, 5.74) is 1.71. The van der Waals surface area contributed by atoms with E-state index in [4.69, 9.17) is 5.11 Å². The van der Waals surface area contributed by atoms with Crippen LogP contribution in [0.4, 0.5) is 0 Å². The van der Waals surface area contributed by atoms with Gasteiger partial charge in [0, 0.05) is 6.42 Å². The van der Waals surface area contributed by atoms with Gasteiger partial charge in [0.05, 0.1) is 6.20 Å². The van der Waals surface area contributed by atoms with E-state index >= 15 is 0 Å². The van der Waals surface area contributed by atoms with Crippen LogP contribution in [0.3, 0.4) is 0 Å². The number of nitrogens with zero attached hydrogens (tertiary/aromatic N) is 1. The summed E-state index contributed by atoms with van der Waals surface area (Å²) in [6.45, 7) is 1.97. The van der Waals surface area contributed by atoms with Crippen molar-refractivity contribution < 1.29 is 9.90 Å². The molecule has 78 valence electrons. The van der Waals surface area contributed by atoms with Crippen molar-refractivity contribution in [1.29, 1.82) is 0 Å². The molecule has 0 aromatic carbocycles. The summed E-state index contributed by atoms with van der Waals surface area (Å²) < 4.78 is 0.776. The maximum absolute atomic E-state index is 11.2. The number of aromatic hydroxyl groups is 1. The van der Waals surface area contributed by atoms with Crippen molar-refractivity contribution in [1.82, 2.24) is 9.66 Å². The van der Waals surface area contributed by atoms with Crippen LogP contribution in [-0.4, -0.2) is 20.7 Å². The van der Waals surface area contributed by atoms with Crippen LogP contribution in [0.5, 0.6) is 5.88 Å². The summed E-state index contributed by atoms with van der Waals surface area (Å²) in [4.78, 5) is 24.4. The lowest BCUT2D eigenvalue weighted by Gasteiger charge is -2.04. The second-order valence-electron chi connectivity index (χ2n) is 2.93. The molecular weight excluding hydrogens is 186 g/mol. The van der Waals surface area contributed by atoms with E-state index in [-0.39, 0.29) is 11.8 Å². The van der Waals surface area contributed by atoms with Gasteiger partial charge in [0.1, 0.15) is 0 Å². The van der Waals surface area contributed by atoms with Gasteiger partial charge in [0.15, 0.2) is 0 Å². The Labute approximate surface area is 80.5 Å². The fourth-order valence-corrected chi connectivity index (χ4v) is 0.985. The van der Waals surface area contributed by atoms with E-state index in [1.54, 1.807) is 0 Å². The van der Waals surface area contributed by atoms with Gasteiger partial charge in [-0.2, -0.15) is 4.68 Å². The molecule has 0 aliphatic carbocycles. The number of rotatable bonds is 4. The zero-order valence-corrected chi connectivity index (χ0v) is 7.91. The Morgan fingerprint density at radius 2 is 2.43 bits per heavy atom. The highest BCUT2D eigenvalue weighted by Gasteiger charge is 2.07. The van der Waals surface area contributed by atoms with E-state index in [2.05, 4.69) is 10.4 Å². The molecule has 1 amide bonds. The molecule has 0 saturated carbocycles. The van der Waals surface area contributed by atoms with Crippen LogP contribution in [0.2, 0.25) is 0 Å². The van der Waals surface area contributed by atoms with E-state index in [9.17, 15) is 9.59 Å². The summed E-state index contributed by atoms with van der Waals surface area (Å²) in [5, 5.41) is 9.12. The number of unbranched alkanes of at least 4 members (excludes halogenated alkanes) is 1. The van der Waals surface area contributed by atoms with Gasteiger partial charge in [0.2, 0.25) is 11.8 Å². The van der Waals surface area contributed by atoms with Gasteiger partial charge in [-0.1, -0.05) is 13.3 Å². The number of aromatic amines is 1. The Hall–Kier alpha value is -1.72. The van der Waals surface area contributed by atoms with Gasteiger partial charge in [-0.25, -0.2) is 4.79 Å². The largest absolute Gasteiger partial charge is 0.492 e. The maximum Gasteiger partial charge on any atom is 0.347 e. The molecule has 6 nitrogen and oxygen atoms in total. The highest BCUT2D eigenvalue weighted by Crippen LogP contribution is 2.00. The fraction of sp³-hybridized carbons (Fsp3) is 0.500. The molecule has 14 heavy (non-hydrogen) atoms. The lowest BCUT2D eigenvalue weighted by molar-refractivity contribution is -0.117. The molecule has 1 aromatic heterocycles. The van der Waals surface area contributed by atoms with Crippen LogP contribution in [0.15, 0.2) is 11.0 Å². The first-order chi connectivity index (χ1) is 6.65. The first-order valence-electron chi connectivity index (χ1n) is 4.44. The minimum absolute atomic E-state index is 0.288. The molecule has 0 radical (unpaired) electrons. The Bertz CT molecular complexity index is 366. The predicted molar refractivity (Wildman–Crippen MR) is 50.6 cm³/mol. The number of carbonyl (C=O) groups excluding carboxylic acids is 1.